The largest absolute Gasteiger partial charge is 0.494 e. The van der Waals surface area contributed by atoms with Crippen LogP contribution in [0.3, 0.4) is 0 Å². The molecule has 0 heterocycles. The Labute approximate surface area is 126 Å². The molecule has 0 aromatic heterocycles. The average Bonchev–Trinajstić information content (AvgIpc) is 2.43. The molecular formula is C14H16ClFO5. The van der Waals surface area contributed by atoms with Gasteiger partial charge in [0.15, 0.2) is 17.5 Å². The van der Waals surface area contributed by atoms with Crippen LogP contribution in [0.1, 0.15) is 25.3 Å². The monoisotopic (exact) mass is 318 g/mol. The number of hydrogen-bond donors (Lipinski definition) is 0. The minimum atomic E-state index is -1.59. The van der Waals surface area contributed by atoms with Crippen LogP contribution in [-0.4, -0.2) is 32.3 Å². The summed E-state index contributed by atoms with van der Waals surface area (Å²) in [6.07, 6.45) is 0. The van der Waals surface area contributed by atoms with Gasteiger partial charge in [0, 0.05) is 10.6 Å². The van der Waals surface area contributed by atoms with Gasteiger partial charge < -0.3 is 14.2 Å². The number of carbonyl (C=O) groups is 2. The molecule has 7 heteroatoms. The predicted molar refractivity (Wildman–Crippen MR) is 74.0 cm³/mol. The molecule has 1 aromatic rings. The molecule has 0 N–H and O–H groups in total. The van der Waals surface area contributed by atoms with Crippen LogP contribution in [0.25, 0.3) is 0 Å². The number of esters is 2. The number of benzene rings is 1. The van der Waals surface area contributed by atoms with Crippen molar-refractivity contribution in [2.24, 2.45) is 0 Å². The van der Waals surface area contributed by atoms with Crippen molar-refractivity contribution in [2.45, 2.75) is 19.8 Å². The van der Waals surface area contributed by atoms with Gasteiger partial charge in [-0.3, -0.25) is 9.59 Å². The van der Waals surface area contributed by atoms with Crippen molar-refractivity contribution in [3.05, 3.63) is 28.5 Å². The zero-order valence-electron chi connectivity index (χ0n) is 11.9. The maximum atomic E-state index is 14.4. The highest BCUT2D eigenvalue weighted by Gasteiger charge is 2.36. The van der Waals surface area contributed by atoms with Crippen molar-refractivity contribution in [3.8, 4) is 5.75 Å². The summed E-state index contributed by atoms with van der Waals surface area (Å²) < 4.78 is 28.8. The van der Waals surface area contributed by atoms with Crippen LogP contribution in [0.15, 0.2) is 12.1 Å². The van der Waals surface area contributed by atoms with Gasteiger partial charge >= 0.3 is 11.9 Å². The first-order valence-electron chi connectivity index (χ1n) is 6.33. The van der Waals surface area contributed by atoms with E-state index in [1.807, 2.05) is 0 Å². The van der Waals surface area contributed by atoms with Gasteiger partial charge in [-0.25, -0.2) is 4.39 Å². The quantitative estimate of drug-likeness (QED) is 0.596. The van der Waals surface area contributed by atoms with Crippen molar-refractivity contribution in [2.75, 3.05) is 20.3 Å². The molecule has 0 radical (unpaired) electrons. The van der Waals surface area contributed by atoms with Gasteiger partial charge in [-0.2, -0.15) is 0 Å². The molecule has 0 amide bonds. The number of hydrogen-bond acceptors (Lipinski definition) is 5. The summed E-state index contributed by atoms with van der Waals surface area (Å²) in [6.45, 7) is 3.23. The van der Waals surface area contributed by atoms with E-state index in [9.17, 15) is 14.0 Å². The highest BCUT2D eigenvalue weighted by atomic mass is 35.5. The number of methoxy groups -OCH3 is 1. The van der Waals surface area contributed by atoms with E-state index >= 15 is 0 Å². The fourth-order valence-corrected chi connectivity index (χ4v) is 2.01. The summed E-state index contributed by atoms with van der Waals surface area (Å²) in [5, 5.41) is -0.0839. The first kappa shape index (κ1) is 17.2. The van der Waals surface area contributed by atoms with E-state index in [0.29, 0.717) is 0 Å². The molecule has 0 aliphatic rings. The molecule has 0 bridgehead atoms. The lowest BCUT2D eigenvalue weighted by Gasteiger charge is -2.17. The summed E-state index contributed by atoms with van der Waals surface area (Å²) in [7, 11) is 1.26. The molecule has 1 rings (SSSR count). The summed E-state index contributed by atoms with van der Waals surface area (Å²) in [5.41, 5.74) is -0.312. The first-order chi connectivity index (χ1) is 9.97. The topological polar surface area (TPSA) is 61.8 Å². The zero-order chi connectivity index (χ0) is 16.0. The van der Waals surface area contributed by atoms with Gasteiger partial charge in [-0.1, -0.05) is 11.6 Å². The third-order valence-corrected chi connectivity index (χ3v) is 2.97. The second-order valence-corrected chi connectivity index (χ2v) is 4.32. The summed E-state index contributed by atoms with van der Waals surface area (Å²) in [4.78, 5) is 23.9. The Kier molecular flexibility index (Phi) is 6.42. The lowest BCUT2D eigenvalue weighted by atomic mass is 9.98. The number of ether oxygens (including phenoxy) is 3. The van der Waals surface area contributed by atoms with E-state index in [4.69, 9.17) is 25.8 Å². The van der Waals surface area contributed by atoms with Crippen molar-refractivity contribution in [1.29, 1.82) is 0 Å². The van der Waals surface area contributed by atoms with Gasteiger partial charge in [0.2, 0.25) is 0 Å². The number of carbonyl (C=O) groups excluding carboxylic acids is 2. The molecule has 1 aromatic carbocycles. The summed E-state index contributed by atoms with van der Waals surface area (Å²) >= 11 is 5.93. The van der Waals surface area contributed by atoms with Gasteiger partial charge in [0.1, 0.15) is 0 Å². The maximum Gasteiger partial charge on any atom is 0.325 e. The highest BCUT2D eigenvalue weighted by Crippen LogP contribution is 2.34. The molecule has 0 fully saturated rings. The molecule has 116 valence electrons. The highest BCUT2D eigenvalue weighted by molar-refractivity contribution is 6.32. The van der Waals surface area contributed by atoms with Crippen molar-refractivity contribution < 1.29 is 28.2 Å². The van der Waals surface area contributed by atoms with Crippen molar-refractivity contribution in [3.63, 3.8) is 0 Å². The molecular weight excluding hydrogens is 303 g/mol. The Hall–Kier alpha value is -1.82. The SMILES string of the molecule is CCOC(=O)C(C(=O)OCC)c1c(Cl)ccc(OC)c1F. The predicted octanol–water partition coefficient (Wildman–Crippen LogP) is 2.70. The maximum absolute atomic E-state index is 14.4. The van der Waals surface area contributed by atoms with Crippen LogP contribution in [-0.2, 0) is 19.1 Å². The third-order valence-electron chi connectivity index (χ3n) is 2.64. The van der Waals surface area contributed by atoms with Crippen LogP contribution >= 0.6 is 11.6 Å². The van der Waals surface area contributed by atoms with Crippen LogP contribution in [0, 0.1) is 5.82 Å². The molecule has 21 heavy (non-hydrogen) atoms. The molecule has 5 nitrogen and oxygen atoms in total. The molecule has 0 spiro atoms. The van der Waals surface area contributed by atoms with Gasteiger partial charge in [0.25, 0.3) is 0 Å². The second-order valence-electron chi connectivity index (χ2n) is 3.91. The van der Waals surface area contributed by atoms with E-state index in [2.05, 4.69) is 0 Å². The number of rotatable bonds is 6. The van der Waals surface area contributed by atoms with Crippen LogP contribution in [0.5, 0.6) is 5.75 Å². The van der Waals surface area contributed by atoms with Crippen LogP contribution in [0.2, 0.25) is 5.02 Å². The molecule has 0 saturated heterocycles. The average molecular weight is 319 g/mol. The molecule has 0 unspecified atom stereocenters. The fraction of sp³-hybridized carbons (Fsp3) is 0.429. The minimum absolute atomic E-state index is 0.0396. The van der Waals surface area contributed by atoms with Crippen molar-refractivity contribution in [1.82, 2.24) is 0 Å². The number of halogens is 2. The molecule has 0 saturated carbocycles. The van der Waals surface area contributed by atoms with Gasteiger partial charge in [-0.05, 0) is 26.0 Å². The fourth-order valence-electron chi connectivity index (χ4n) is 1.75. The molecule has 0 aliphatic carbocycles. The van der Waals surface area contributed by atoms with E-state index < -0.39 is 23.7 Å². The lowest BCUT2D eigenvalue weighted by molar-refractivity contribution is -0.157. The Morgan fingerprint density at radius 2 is 1.71 bits per heavy atom. The van der Waals surface area contributed by atoms with Crippen molar-refractivity contribution >= 4 is 23.5 Å². The Balaban J connectivity index is 3.38. The Morgan fingerprint density at radius 3 is 2.14 bits per heavy atom. The summed E-state index contributed by atoms with van der Waals surface area (Å²) in [5.74, 6) is -4.47. The Bertz CT molecular complexity index is 514. The zero-order valence-corrected chi connectivity index (χ0v) is 12.7. The van der Waals surface area contributed by atoms with E-state index in [-0.39, 0.29) is 29.5 Å². The Morgan fingerprint density at radius 1 is 1.19 bits per heavy atom. The smallest absolute Gasteiger partial charge is 0.325 e. The van der Waals surface area contributed by atoms with E-state index in [1.165, 1.54) is 19.2 Å². The first-order valence-corrected chi connectivity index (χ1v) is 6.70. The van der Waals surface area contributed by atoms with E-state index in [0.717, 1.165) is 0 Å². The van der Waals surface area contributed by atoms with Gasteiger partial charge in [0.05, 0.1) is 20.3 Å². The van der Waals surface area contributed by atoms with E-state index in [1.54, 1.807) is 13.8 Å². The minimum Gasteiger partial charge on any atom is -0.494 e. The second kappa shape index (κ2) is 7.83. The summed E-state index contributed by atoms with van der Waals surface area (Å²) in [6, 6.07) is 2.64. The molecule has 0 aliphatic heterocycles. The normalized spacial score (nSPS) is 10.4. The standard InChI is InChI=1S/C14H16ClFO5/c1-4-20-13(17)11(14(18)21-5-2)10-8(15)6-7-9(19-3)12(10)16/h6-7,11H,4-5H2,1-3H3. The molecule has 0 atom stereocenters. The van der Waals surface area contributed by atoms with Crippen LogP contribution in [0.4, 0.5) is 4.39 Å². The van der Waals surface area contributed by atoms with Gasteiger partial charge in [-0.15, -0.1) is 0 Å². The van der Waals surface area contributed by atoms with Crippen LogP contribution < -0.4 is 4.74 Å². The lowest BCUT2D eigenvalue weighted by Crippen LogP contribution is -2.27. The third kappa shape index (κ3) is 3.85.